The average Bonchev–Trinajstić information content (AvgIpc) is 3.35. The van der Waals surface area contributed by atoms with Crippen molar-refractivity contribution in [1.29, 1.82) is 0 Å². The zero-order valence-electron chi connectivity index (χ0n) is 19.5. The predicted octanol–water partition coefficient (Wildman–Crippen LogP) is 4.38. The molecule has 1 unspecified atom stereocenters. The van der Waals surface area contributed by atoms with Gasteiger partial charge in [-0.05, 0) is 61.2 Å². The first-order valence-electron chi connectivity index (χ1n) is 11.8. The summed E-state index contributed by atoms with van der Waals surface area (Å²) >= 11 is 0. The van der Waals surface area contributed by atoms with Gasteiger partial charge in [0.2, 0.25) is 10.0 Å². The summed E-state index contributed by atoms with van der Waals surface area (Å²) in [5, 5.41) is 7.01. The van der Waals surface area contributed by atoms with Gasteiger partial charge in [-0.25, -0.2) is 22.3 Å². The summed E-state index contributed by atoms with van der Waals surface area (Å²) in [5.41, 5.74) is 4.31. The Balaban J connectivity index is 1.33. The minimum absolute atomic E-state index is 0.0851. The number of piperidine rings is 1. The number of allylic oxidation sites excluding steroid dienone is 3. The number of aromatic amines is 1. The number of carbonyl (C=O) groups is 1. The molecule has 10 heteroatoms. The van der Waals surface area contributed by atoms with Gasteiger partial charge in [-0.2, -0.15) is 5.10 Å². The SMILES string of the molecule is O=C(NS(=O)(=O)C1C=CC=CC1)N1CCC(c2[nH]nc(-c3ccc(F)cc3)c2-c2ccncc2)CC1. The number of nitrogens with one attached hydrogen (secondary N) is 2. The van der Waals surface area contributed by atoms with Gasteiger partial charge in [0, 0.05) is 48.2 Å². The van der Waals surface area contributed by atoms with Crippen LogP contribution < -0.4 is 4.72 Å². The molecule has 2 aliphatic rings. The second-order valence-corrected chi connectivity index (χ2v) is 10.8. The van der Waals surface area contributed by atoms with E-state index in [1.165, 1.54) is 12.1 Å². The van der Waals surface area contributed by atoms with Gasteiger partial charge in [-0.1, -0.05) is 24.3 Å². The van der Waals surface area contributed by atoms with Crippen LogP contribution in [0.15, 0.2) is 73.1 Å². The number of sulfonamides is 1. The molecule has 0 radical (unpaired) electrons. The Kier molecular flexibility index (Phi) is 6.69. The van der Waals surface area contributed by atoms with Gasteiger partial charge in [0.1, 0.15) is 16.8 Å². The molecule has 0 saturated carbocycles. The predicted molar refractivity (Wildman–Crippen MR) is 135 cm³/mol. The third-order valence-corrected chi connectivity index (χ3v) is 8.25. The molecule has 1 saturated heterocycles. The number of urea groups is 1. The quantitative estimate of drug-likeness (QED) is 0.533. The van der Waals surface area contributed by atoms with E-state index in [4.69, 9.17) is 0 Å². The molecule has 3 aromatic rings. The van der Waals surface area contributed by atoms with Gasteiger partial charge in [0.05, 0.1) is 0 Å². The van der Waals surface area contributed by atoms with Crippen molar-refractivity contribution in [2.45, 2.75) is 30.4 Å². The van der Waals surface area contributed by atoms with E-state index in [0.29, 0.717) is 32.4 Å². The number of nitrogens with zero attached hydrogens (tertiary/aromatic N) is 3. The van der Waals surface area contributed by atoms with Crippen molar-refractivity contribution in [3.63, 3.8) is 0 Å². The number of hydrogen-bond donors (Lipinski definition) is 2. The third kappa shape index (κ3) is 4.94. The van der Waals surface area contributed by atoms with Crippen LogP contribution in [-0.4, -0.2) is 52.9 Å². The Bertz CT molecular complexity index is 1390. The number of halogens is 1. The molecule has 1 aliphatic heterocycles. The number of aromatic nitrogens is 3. The Morgan fingerprint density at radius 1 is 1.03 bits per heavy atom. The second kappa shape index (κ2) is 10.1. The molecule has 1 atom stereocenters. The lowest BCUT2D eigenvalue weighted by molar-refractivity contribution is 0.186. The first-order valence-corrected chi connectivity index (χ1v) is 13.4. The van der Waals surface area contributed by atoms with Crippen LogP contribution in [0.1, 0.15) is 30.9 Å². The van der Waals surface area contributed by atoms with Gasteiger partial charge >= 0.3 is 6.03 Å². The van der Waals surface area contributed by atoms with E-state index in [0.717, 1.165) is 28.1 Å². The largest absolute Gasteiger partial charge is 0.331 e. The van der Waals surface area contributed by atoms with Gasteiger partial charge in [0.15, 0.2) is 0 Å². The fourth-order valence-corrected chi connectivity index (χ4v) is 5.89. The van der Waals surface area contributed by atoms with E-state index >= 15 is 0 Å². The number of pyridine rings is 1. The zero-order chi connectivity index (χ0) is 25.1. The highest BCUT2D eigenvalue weighted by atomic mass is 32.2. The fourth-order valence-electron chi connectivity index (χ4n) is 4.70. The minimum Gasteiger partial charge on any atom is -0.324 e. The van der Waals surface area contributed by atoms with E-state index in [1.54, 1.807) is 53.7 Å². The molecule has 0 bridgehead atoms. The van der Waals surface area contributed by atoms with Gasteiger partial charge in [0.25, 0.3) is 0 Å². The van der Waals surface area contributed by atoms with Crippen LogP contribution in [0.2, 0.25) is 0 Å². The van der Waals surface area contributed by atoms with Crippen molar-refractivity contribution in [3.05, 3.63) is 84.6 Å². The van der Waals surface area contributed by atoms with E-state index in [9.17, 15) is 17.6 Å². The van der Waals surface area contributed by atoms with Gasteiger partial charge in [-0.3, -0.25) is 10.1 Å². The van der Waals surface area contributed by atoms with Crippen LogP contribution in [0, 0.1) is 5.82 Å². The smallest absolute Gasteiger partial charge is 0.324 e. The van der Waals surface area contributed by atoms with Crippen molar-refractivity contribution >= 4 is 16.1 Å². The van der Waals surface area contributed by atoms with Crippen molar-refractivity contribution in [3.8, 4) is 22.4 Å². The number of H-pyrrole nitrogens is 1. The van der Waals surface area contributed by atoms with E-state index in [-0.39, 0.29) is 11.7 Å². The molecule has 0 spiro atoms. The summed E-state index contributed by atoms with van der Waals surface area (Å²) in [6.07, 6.45) is 11.9. The fraction of sp³-hybridized carbons (Fsp3) is 0.269. The highest BCUT2D eigenvalue weighted by Gasteiger charge is 2.32. The Morgan fingerprint density at radius 2 is 1.75 bits per heavy atom. The Morgan fingerprint density at radius 3 is 2.42 bits per heavy atom. The molecule has 2 aromatic heterocycles. The molecule has 1 fully saturated rings. The third-order valence-electron chi connectivity index (χ3n) is 6.64. The highest BCUT2D eigenvalue weighted by molar-refractivity contribution is 7.90. The van der Waals surface area contributed by atoms with E-state index in [2.05, 4.69) is 19.9 Å². The monoisotopic (exact) mass is 507 g/mol. The highest BCUT2D eigenvalue weighted by Crippen LogP contribution is 2.39. The molecule has 186 valence electrons. The number of carbonyl (C=O) groups excluding carboxylic acids is 1. The van der Waals surface area contributed by atoms with Crippen LogP contribution in [-0.2, 0) is 10.0 Å². The normalized spacial score (nSPS) is 18.4. The standard InChI is InChI=1S/C26H26FN5O3S/c27-21-8-6-19(7-9-21)24-23(18-10-14-28-15-11-18)25(30-29-24)20-12-16-32(17-13-20)26(33)31-36(34,35)22-4-2-1-3-5-22/h1-4,6-11,14-15,20,22H,5,12-13,16-17H2,(H,29,30)(H,31,33). The lowest BCUT2D eigenvalue weighted by atomic mass is 9.88. The second-order valence-electron chi connectivity index (χ2n) is 8.90. The number of hydrogen-bond acceptors (Lipinski definition) is 5. The molecule has 36 heavy (non-hydrogen) atoms. The van der Waals surface area contributed by atoms with Crippen LogP contribution in [0.4, 0.5) is 9.18 Å². The topological polar surface area (TPSA) is 108 Å². The van der Waals surface area contributed by atoms with Crippen LogP contribution in [0.3, 0.4) is 0 Å². The number of amides is 2. The lowest BCUT2D eigenvalue weighted by Gasteiger charge is -2.32. The summed E-state index contributed by atoms with van der Waals surface area (Å²) in [4.78, 5) is 18.4. The van der Waals surface area contributed by atoms with Crippen molar-refractivity contribution in [1.82, 2.24) is 24.8 Å². The molecule has 5 rings (SSSR count). The molecule has 2 N–H and O–H groups in total. The van der Waals surface area contributed by atoms with Crippen LogP contribution >= 0.6 is 0 Å². The molecule has 1 aliphatic carbocycles. The lowest BCUT2D eigenvalue weighted by Crippen LogP contribution is -2.48. The summed E-state index contributed by atoms with van der Waals surface area (Å²) < 4.78 is 40.9. The summed E-state index contributed by atoms with van der Waals surface area (Å²) in [6.45, 7) is 0.820. The van der Waals surface area contributed by atoms with E-state index < -0.39 is 21.3 Å². The van der Waals surface area contributed by atoms with Gasteiger partial charge < -0.3 is 4.90 Å². The molecule has 8 nitrogen and oxygen atoms in total. The molecule has 1 aromatic carbocycles. The van der Waals surface area contributed by atoms with Crippen LogP contribution in [0.5, 0.6) is 0 Å². The molecule has 2 amide bonds. The number of rotatable bonds is 5. The van der Waals surface area contributed by atoms with Crippen molar-refractivity contribution < 1.29 is 17.6 Å². The molecule has 3 heterocycles. The molecular weight excluding hydrogens is 481 g/mol. The maximum absolute atomic E-state index is 13.5. The summed E-state index contributed by atoms with van der Waals surface area (Å²) in [5.74, 6) is -0.231. The zero-order valence-corrected chi connectivity index (χ0v) is 20.3. The van der Waals surface area contributed by atoms with E-state index in [1.807, 2.05) is 12.1 Å². The summed E-state index contributed by atoms with van der Waals surface area (Å²) in [6, 6.07) is 9.43. The average molecular weight is 508 g/mol. The number of likely N-dealkylation sites (tertiary alicyclic amines) is 1. The van der Waals surface area contributed by atoms with Crippen molar-refractivity contribution in [2.75, 3.05) is 13.1 Å². The van der Waals surface area contributed by atoms with Crippen LogP contribution in [0.25, 0.3) is 22.4 Å². The Hall–Kier alpha value is -3.79. The first kappa shape index (κ1) is 23.9. The first-order chi connectivity index (χ1) is 17.4. The van der Waals surface area contributed by atoms with Crippen molar-refractivity contribution in [2.24, 2.45) is 0 Å². The maximum Gasteiger partial charge on any atom is 0.331 e. The minimum atomic E-state index is -3.80. The summed E-state index contributed by atoms with van der Waals surface area (Å²) in [7, 11) is -3.80. The Labute approximate surface area is 209 Å². The number of benzene rings is 1. The maximum atomic E-state index is 13.5. The molecular formula is C26H26FN5O3S. The van der Waals surface area contributed by atoms with Gasteiger partial charge in [-0.15, -0.1) is 0 Å².